The SMILES string of the molecule is CCNC(=O)CNC(=O)c1ccc(Br)cc1OC. The Kier molecular flexibility index (Phi) is 5.64. The van der Waals surface area contributed by atoms with E-state index in [-0.39, 0.29) is 18.4 Å². The fourth-order valence-corrected chi connectivity index (χ4v) is 1.71. The third kappa shape index (κ3) is 4.03. The maximum absolute atomic E-state index is 11.9. The van der Waals surface area contributed by atoms with Crippen molar-refractivity contribution in [1.82, 2.24) is 10.6 Å². The van der Waals surface area contributed by atoms with Gasteiger partial charge in [0.2, 0.25) is 5.91 Å². The maximum Gasteiger partial charge on any atom is 0.255 e. The Hall–Kier alpha value is -1.56. The summed E-state index contributed by atoms with van der Waals surface area (Å²) < 4.78 is 5.93. The molecule has 0 bridgehead atoms. The molecule has 0 unspecified atom stereocenters. The number of ether oxygens (including phenoxy) is 1. The zero-order chi connectivity index (χ0) is 13.5. The quantitative estimate of drug-likeness (QED) is 0.861. The van der Waals surface area contributed by atoms with Crippen LogP contribution in [0, 0.1) is 0 Å². The van der Waals surface area contributed by atoms with Gasteiger partial charge >= 0.3 is 0 Å². The normalized spacial score (nSPS) is 9.72. The molecule has 6 heteroatoms. The molecule has 5 nitrogen and oxygen atoms in total. The average Bonchev–Trinajstić information content (AvgIpc) is 2.36. The van der Waals surface area contributed by atoms with Crippen LogP contribution in [0.25, 0.3) is 0 Å². The third-order valence-electron chi connectivity index (χ3n) is 2.19. The summed E-state index contributed by atoms with van der Waals surface area (Å²) in [5.74, 6) is -0.106. The minimum Gasteiger partial charge on any atom is -0.496 e. The van der Waals surface area contributed by atoms with E-state index in [9.17, 15) is 9.59 Å². The molecule has 1 rings (SSSR count). The number of hydrogen-bond acceptors (Lipinski definition) is 3. The highest BCUT2D eigenvalue weighted by Crippen LogP contribution is 2.23. The summed E-state index contributed by atoms with van der Waals surface area (Å²) >= 11 is 3.29. The van der Waals surface area contributed by atoms with E-state index in [0.29, 0.717) is 17.9 Å². The topological polar surface area (TPSA) is 67.4 Å². The summed E-state index contributed by atoms with van der Waals surface area (Å²) in [5, 5.41) is 5.13. The Labute approximate surface area is 114 Å². The van der Waals surface area contributed by atoms with Gasteiger partial charge in [-0.15, -0.1) is 0 Å². The van der Waals surface area contributed by atoms with Crippen molar-refractivity contribution in [2.24, 2.45) is 0 Å². The smallest absolute Gasteiger partial charge is 0.255 e. The minimum atomic E-state index is -0.342. The molecule has 0 saturated heterocycles. The van der Waals surface area contributed by atoms with Gasteiger partial charge in [-0.2, -0.15) is 0 Å². The summed E-state index contributed by atoms with van der Waals surface area (Å²) in [6.07, 6.45) is 0. The maximum atomic E-state index is 11.9. The van der Waals surface area contributed by atoms with E-state index in [1.807, 2.05) is 6.92 Å². The van der Waals surface area contributed by atoms with E-state index in [4.69, 9.17) is 4.74 Å². The van der Waals surface area contributed by atoms with Crippen LogP contribution in [0.5, 0.6) is 5.75 Å². The van der Waals surface area contributed by atoms with Crippen molar-refractivity contribution < 1.29 is 14.3 Å². The molecule has 0 fully saturated rings. The van der Waals surface area contributed by atoms with Gasteiger partial charge in [0.1, 0.15) is 5.75 Å². The average molecular weight is 315 g/mol. The molecule has 0 saturated carbocycles. The van der Waals surface area contributed by atoms with E-state index in [1.54, 1.807) is 18.2 Å². The summed E-state index contributed by atoms with van der Waals surface area (Å²) in [5.41, 5.74) is 0.394. The van der Waals surface area contributed by atoms with Gasteiger partial charge in [-0.25, -0.2) is 0 Å². The van der Waals surface area contributed by atoms with Crippen molar-refractivity contribution in [1.29, 1.82) is 0 Å². The molecule has 1 aromatic carbocycles. The van der Waals surface area contributed by atoms with Crippen molar-refractivity contribution in [2.75, 3.05) is 20.2 Å². The van der Waals surface area contributed by atoms with Gasteiger partial charge in [0.25, 0.3) is 5.91 Å². The highest BCUT2D eigenvalue weighted by molar-refractivity contribution is 9.10. The lowest BCUT2D eigenvalue weighted by Gasteiger charge is -2.09. The first-order valence-electron chi connectivity index (χ1n) is 5.47. The van der Waals surface area contributed by atoms with Gasteiger partial charge in [0.15, 0.2) is 0 Å². The minimum absolute atomic E-state index is 0.0497. The molecule has 2 amide bonds. The van der Waals surface area contributed by atoms with Crippen molar-refractivity contribution in [2.45, 2.75) is 6.92 Å². The number of carbonyl (C=O) groups excluding carboxylic acids is 2. The number of amides is 2. The van der Waals surface area contributed by atoms with Crippen LogP contribution in [-0.2, 0) is 4.79 Å². The molecule has 0 aliphatic rings. The van der Waals surface area contributed by atoms with E-state index >= 15 is 0 Å². The van der Waals surface area contributed by atoms with E-state index in [2.05, 4.69) is 26.6 Å². The van der Waals surface area contributed by atoms with Crippen molar-refractivity contribution in [3.05, 3.63) is 28.2 Å². The van der Waals surface area contributed by atoms with E-state index in [1.165, 1.54) is 7.11 Å². The molecule has 0 aliphatic carbocycles. The number of nitrogens with one attached hydrogen (secondary N) is 2. The zero-order valence-electron chi connectivity index (χ0n) is 10.2. The molecule has 0 spiro atoms. The highest BCUT2D eigenvalue weighted by Gasteiger charge is 2.13. The molecule has 1 aromatic rings. The molecule has 0 aromatic heterocycles. The van der Waals surface area contributed by atoms with Gasteiger partial charge < -0.3 is 15.4 Å². The molecule has 0 heterocycles. The first-order chi connectivity index (χ1) is 8.58. The fourth-order valence-electron chi connectivity index (χ4n) is 1.37. The predicted octanol–water partition coefficient (Wildman–Crippen LogP) is 1.32. The number of carbonyl (C=O) groups is 2. The van der Waals surface area contributed by atoms with Gasteiger partial charge in [-0.3, -0.25) is 9.59 Å². The van der Waals surface area contributed by atoms with E-state index in [0.717, 1.165) is 4.47 Å². The molecule has 0 radical (unpaired) electrons. The lowest BCUT2D eigenvalue weighted by molar-refractivity contribution is -0.120. The first kappa shape index (κ1) is 14.5. The summed E-state index contributed by atoms with van der Waals surface area (Å²) in [6.45, 7) is 2.31. The van der Waals surface area contributed by atoms with Gasteiger partial charge in [-0.05, 0) is 25.1 Å². The summed E-state index contributed by atoms with van der Waals surface area (Å²) in [7, 11) is 1.49. The molecule has 98 valence electrons. The van der Waals surface area contributed by atoms with Crippen molar-refractivity contribution in [3.8, 4) is 5.75 Å². The summed E-state index contributed by atoms with van der Waals surface area (Å²) in [6, 6.07) is 5.07. The lowest BCUT2D eigenvalue weighted by atomic mass is 10.2. The second kappa shape index (κ2) is 7.00. The largest absolute Gasteiger partial charge is 0.496 e. The number of methoxy groups -OCH3 is 1. The van der Waals surface area contributed by atoms with Crippen molar-refractivity contribution in [3.63, 3.8) is 0 Å². The number of likely N-dealkylation sites (N-methyl/N-ethyl adjacent to an activating group) is 1. The van der Waals surface area contributed by atoms with Crippen LogP contribution in [0.1, 0.15) is 17.3 Å². The number of rotatable bonds is 5. The zero-order valence-corrected chi connectivity index (χ0v) is 11.8. The van der Waals surface area contributed by atoms with Crippen LogP contribution in [0.2, 0.25) is 0 Å². The highest BCUT2D eigenvalue weighted by atomic mass is 79.9. The fraction of sp³-hybridized carbons (Fsp3) is 0.333. The second-order valence-electron chi connectivity index (χ2n) is 3.48. The summed E-state index contributed by atoms with van der Waals surface area (Å²) in [4.78, 5) is 23.1. The monoisotopic (exact) mass is 314 g/mol. The Balaban J connectivity index is 2.69. The molecule has 0 aliphatic heterocycles. The Morgan fingerprint density at radius 2 is 2.06 bits per heavy atom. The van der Waals surface area contributed by atoms with Crippen LogP contribution < -0.4 is 15.4 Å². The van der Waals surface area contributed by atoms with Crippen LogP contribution in [0.3, 0.4) is 0 Å². The Bertz CT molecular complexity index is 449. The number of benzene rings is 1. The van der Waals surface area contributed by atoms with Crippen LogP contribution in [0.4, 0.5) is 0 Å². The van der Waals surface area contributed by atoms with Crippen LogP contribution in [-0.4, -0.2) is 32.0 Å². The van der Waals surface area contributed by atoms with Gasteiger partial charge in [-0.1, -0.05) is 15.9 Å². The first-order valence-corrected chi connectivity index (χ1v) is 6.26. The molecular weight excluding hydrogens is 300 g/mol. The lowest BCUT2D eigenvalue weighted by Crippen LogP contribution is -2.36. The van der Waals surface area contributed by atoms with Gasteiger partial charge in [0, 0.05) is 11.0 Å². The van der Waals surface area contributed by atoms with Crippen LogP contribution >= 0.6 is 15.9 Å². The van der Waals surface area contributed by atoms with Crippen LogP contribution in [0.15, 0.2) is 22.7 Å². The molecule has 0 atom stereocenters. The second-order valence-corrected chi connectivity index (χ2v) is 4.40. The molecule has 18 heavy (non-hydrogen) atoms. The standard InChI is InChI=1S/C12H15BrN2O3/c1-3-14-11(16)7-15-12(17)9-5-4-8(13)6-10(9)18-2/h4-6H,3,7H2,1-2H3,(H,14,16)(H,15,17). The van der Waals surface area contributed by atoms with E-state index < -0.39 is 0 Å². The third-order valence-corrected chi connectivity index (χ3v) is 2.68. The molecular formula is C12H15BrN2O3. The Morgan fingerprint density at radius 1 is 1.33 bits per heavy atom. The number of hydrogen-bond donors (Lipinski definition) is 2. The predicted molar refractivity (Wildman–Crippen MR) is 71.7 cm³/mol. The molecule has 2 N–H and O–H groups in total. The van der Waals surface area contributed by atoms with Gasteiger partial charge in [0.05, 0.1) is 19.2 Å². The number of halogens is 1. The van der Waals surface area contributed by atoms with Crippen molar-refractivity contribution >= 4 is 27.7 Å². The Morgan fingerprint density at radius 3 is 2.67 bits per heavy atom.